The maximum Gasteiger partial charge on any atom is 0.123 e. The monoisotopic (exact) mass is 344 g/mol. The smallest absolute Gasteiger partial charge is 0.123 e. The van der Waals surface area contributed by atoms with E-state index in [9.17, 15) is 14.6 Å². The Kier molecular flexibility index (Phi) is 4.73. The molecule has 19 heavy (non-hydrogen) atoms. The van der Waals surface area contributed by atoms with Crippen LogP contribution in [0.1, 0.15) is 10.4 Å². The highest BCUT2D eigenvalue weighted by Crippen LogP contribution is 2.32. The third kappa shape index (κ3) is 3.23. The molecular formula is C14H14BrFO2S. The summed E-state index contributed by atoms with van der Waals surface area (Å²) in [5, 5.41) is 21.3. The number of aliphatic hydroxyl groups excluding tert-OH is 2. The van der Waals surface area contributed by atoms with Crippen LogP contribution in [0.5, 0.6) is 0 Å². The summed E-state index contributed by atoms with van der Waals surface area (Å²) in [5.41, 5.74) is -0.242. The Morgan fingerprint density at radius 1 is 1.21 bits per heavy atom. The molecule has 1 aromatic heterocycles. The highest BCUT2D eigenvalue weighted by Gasteiger charge is 2.32. The lowest BCUT2D eigenvalue weighted by Gasteiger charge is -2.30. The lowest BCUT2D eigenvalue weighted by atomic mass is 9.78. The third-order valence-corrected chi connectivity index (χ3v) is 4.87. The van der Waals surface area contributed by atoms with E-state index < -0.39 is 5.41 Å². The van der Waals surface area contributed by atoms with Gasteiger partial charge in [0.25, 0.3) is 0 Å². The topological polar surface area (TPSA) is 40.5 Å². The first-order valence-corrected chi connectivity index (χ1v) is 7.47. The van der Waals surface area contributed by atoms with E-state index >= 15 is 0 Å². The fraction of sp³-hybridized carbons (Fsp3) is 0.286. The standard InChI is InChI=1S/C14H14BrFO2S/c15-11-5-13(19-7-11)6-14(8-17,9-18)10-2-1-3-12(16)4-10/h1-5,7,17-18H,6,8-9H2. The van der Waals surface area contributed by atoms with Crippen molar-refractivity contribution in [1.82, 2.24) is 0 Å². The van der Waals surface area contributed by atoms with Crippen LogP contribution in [0.4, 0.5) is 4.39 Å². The summed E-state index contributed by atoms with van der Waals surface area (Å²) in [7, 11) is 0. The van der Waals surface area contributed by atoms with Crippen molar-refractivity contribution < 1.29 is 14.6 Å². The van der Waals surface area contributed by atoms with Crippen LogP contribution in [0.3, 0.4) is 0 Å². The second-order valence-corrected chi connectivity index (χ2v) is 6.43. The Bertz CT molecular complexity index is 552. The summed E-state index contributed by atoms with van der Waals surface area (Å²) in [6, 6.07) is 8.00. The van der Waals surface area contributed by atoms with Crippen LogP contribution in [0.15, 0.2) is 40.2 Å². The Hall–Kier alpha value is -0.750. The van der Waals surface area contributed by atoms with E-state index in [4.69, 9.17) is 0 Å². The molecule has 0 radical (unpaired) electrons. The van der Waals surface area contributed by atoms with Crippen LogP contribution < -0.4 is 0 Å². The van der Waals surface area contributed by atoms with Crippen LogP contribution in [0.25, 0.3) is 0 Å². The summed E-state index contributed by atoms with van der Waals surface area (Å²) in [6.45, 7) is -0.467. The molecule has 0 aliphatic carbocycles. The maximum absolute atomic E-state index is 13.3. The molecule has 0 spiro atoms. The van der Waals surface area contributed by atoms with Gasteiger partial charge in [-0.1, -0.05) is 12.1 Å². The van der Waals surface area contributed by atoms with Crippen molar-refractivity contribution >= 4 is 27.3 Å². The fourth-order valence-electron chi connectivity index (χ4n) is 2.04. The normalized spacial score (nSPS) is 11.8. The highest BCUT2D eigenvalue weighted by molar-refractivity contribution is 9.10. The Balaban J connectivity index is 2.37. The van der Waals surface area contributed by atoms with Gasteiger partial charge < -0.3 is 10.2 Å². The summed E-state index contributed by atoms with van der Waals surface area (Å²) in [6.07, 6.45) is 0.472. The van der Waals surface area contributed by atoms with Gasteiger partial charge in [-0.3, -0.25) is 0 Å². The number of benzene rings is 1. The lowest BCUT2D eigenvalue weighted by Crippen LogP contribution is -2.37. The number of rotatable bonds is 5. The van der Waals surface area contributed by atoms with Gasteiger partial charge in [-0.15, -0.1) is 11.3 Å². The number of thiophene rings is 1. The molecule has 0 fully saturated rings. The molecule has 0 aliphatic heterocycles. The molecule has 0 unspecified atom stereocenters. The summed E-state index contributed by atoms with van der Waals surface area (Å²) in [4.78, 5) is 1.03. The van der Waals surface area contributed by atoms with Crippen molar-refractivity contribution in [3.63, 3.8) is 0 Å². The predicted octanol–water partition coefficient (Wildman–Crippen LogP) is 3.11. The molecule has 0 saturated carbocycles. The summed E-state index contributed by atoms with van der Waals surface area (Å²) in [5.74, 6) is -0.365. The molecule has 2 N–H and O–H groups in total. The largest absolute Gasteiger partial charge is 0.395 e. The number of halogens is 2. The Morgan fingerprint density at radius 2 is 1.95 bits per heavy atom. The maximum atomic E-state index is 13.3. The Morgan fingerprint density at radius 3 is 2.47 bits per heavy atom. The molecule has 0 atom stereocenters. The quantitative estimate of drug-likeness (QED) is 0.874. The van der Waals surface area contributed by atoms with Crippen molar-refractivity contribution in [2.75, 3.05) is 13.2 Å². The van der Waals surface area contributed by atoms with Crippen molar-refractivity contribution in [3.05, 3.63) is 56.4 Å². The third-order valence-electron chi connectivity index (χ3n) is 3.18. The minimum absolute atomic E-state index is 0.234. The molecule has 102 valence electrons. The van der Waals surface area contributed by atoms with E-state index in [0.717, 1.165) is 9.35 Å². The minimum Gasteiger partial charge on any atom is -0.395 e. The minimum atomic E-state index is -0.855. The molecule has 1 aromatic carbocycles. The molecule has 2 rings (SSSR count). The molecular weight excluding hydrogens is 331 g/mol. The Labute approximate surface area is 123 Å². The van der Waals surface area contributed by atoms with Gasteiger partial charge in [-0.05, 0) is 46.1 Å². The molecule has 0 saturated heterocycles. The van der Waals surface area contributed by atoms with Crippen molar-refractivity contribution in [3.8, 4) is 0 Å². The molecule has 0 bridgehead atoms. The first-order chi connectivity index (χ1) is 9.09. The molecule has 1 heterocycles. The van der Waals surface area contributed by atoms with Gasteiger partial charge in [-0.2, -0.15) is 0 Å². The van der Waals surface area contributed by atoms with E-state index in [0.29, 0.717) is 12.0 Å². The second-order valence-electron chi connectivity index (χ2n) is 4.51. The van der Waals surface area contributed by atoms with Crippen LogP contribution in [-0.2, 0) is 11.8 Å². The van der Waals surface area contributed by atoms with E-state index in [1.807, 2.05) is 11.4 Å². The zero-order valence-electron chi connectivity index (χ0n) is 10.1. The van der Waals surface area contributed by atoms with E-state index in [1.165, 1.54) is 12.1 Å². The first kappa shape index (κ1) is 14.7. The van der Waals surface area contributed by atoms with Crippen molar-refractivity contribution in [2.24, 2.45) is 0 Å². The molecule has 0 aliphatic rings. The zero-order valence-corrected chi connectivity index (χ0v) is 12.5. The number of aliphatic hydroxyl groups is 2. The molecule has 2 nitrogen and oxygen atoms in total. The molecule has 2 aromatic rings. The van der Waals surface area contributed by atoms with E-state index in [1.54, 1.807) is 23.5 Å². The lowest BCUT2D eigenvalue weighted by molar-refractivity contribution is 0.116. The SMILES string of the molecule is OCC(CO)(Cc1cc(Br)cs1)c1cccc(F)c1. The molecule has 0 amide bonds. The van der Waals surface area contributed by atoms with E-state index in [-0.39, 0.29) is 19.0 Å². The van der Waals surface area contributed by atoms with Gasteiger partial charge in [0.05, 0.1) is 13.2 Å². The van der Waals surface area contributed by atoms with Gasteiger partial charge in [-0.25, -0.2) is 4.39 Å². The average Bonchev–Trinajstić information content (AvgIpc) is 2.81. The number of hydrogen-bond acceptors (Lipinski definition) is 3. The predicted molar refractivity (Wildman–Crippen MR) is 78.0 cm³/mol. The van der Waals surface area contributed by atoms with Crippen molar-refractivity contribution in [2.45, 2.75) is 11.8 Å². The van der Waals surface area contributed by atoms with Crippen LogP contribution in [-0.4, -0.2) is 23.4 Å². The van der Waals surface area contributed by atoms with Gasteiger partial charge >= 0.3 is 0 Å². The summed E-state index contributed by atoms with van der Waals surface area (Å²) >= 11 is 4.92. The van der Waals surface area contributed by atoms with Gasteiger partial charge in [0.2, 0.25) is 0 Å². The highest BCUT2D eigenvalue weighted by atomic mass is 79.9. The van der Waals surface area contributed by atoms with Gasteiger partial charge in [0.1, 0.15) is 5.82 Å². The second kappa shape index (κ2) is 6.13. The average molecular weight is 345 g/mol. The van der Waals surface area contributed by atoms with Crippen LogP contribution in [0.2, 0.25) is 0 Å². The van der Waals surface area contributed by atoms with Crippen LogP contribution >= 0.6 is 27.3 Å². The summed E-state index contributed by atoms with van der Waals surface area (Å²) < 4.78 is 14.3. The number of hydrogen-bond donors (Lipinski definition) is 2. The van der Waals surface area contributed by atoms with Crippen LogP contribution in [0, 0.1) is 5.82 Å². The van der Waals surface area contributed by atoms with Crippen molar-refractivity contribution in [1.29, 1.82) is 0 Å². The van der Waals surface area contributed by atoms with E-state index in [2.05, 4.69) is 15.9 Å². The van der Waals surface area contributed by atoms with Gasteiger partial charge in [0, 0.05) is 20.1 Å². The zero-order chi connectivity index (χ0) is 13.9. The van der Waals surface area contributed by atoms with Gasteiger partial charge in [0.15, 0.2) is 0 Å². The first-order valence-electron chi connectivity index (χ1n) is 5.80. The molecule has 5 heteroatoms. The fourth-order valence-corrected chi connectivity index (χ4v) is 3.64.